The van der Waals surface area contributed by atoms with Crippen LogP contribution in [-0.2, 0) is 0 Å². The molecule has 0 bridgehead atoms. The van der Waals surface area contributed by atoms with Crippen LogP contribution in [0.2, 0.25) is 0 Å². The number of nitrogens with one attached hydrogen (secondary N) is 2. The van der Waals surface area contributed by atoms with E-state index in [0.717, 1.165) is 24.6 Å². The van der Waals surface area contributed by atoms with Gasteiger partial charge in [0.05, 0.1) is 0 Å². The summed E-state index contributed by atoms with van der Waals surface area (Å²) in [6, 6.07) is 18.3. The fraction of sp³-hybridized carbons (Fsp3) is 0.125. The van der Waals surface area contributed by atoms with Gasteiger partial charge in [-0.25, -0.2) is 0 Å². The molecule has 0 spiro atoms. The van der Waals surface area contributed by atoms with Crippen molar-refractivity contribution >= 4 is 27.9 Å². The lowest BCUT2D eigenvalue weighted by Crippen LogP contribution is -2.15. The molecule has 2 heterocycles. The Morgan fingerprint density at radius 3 is 2.74 bits per heavy atom. The first kappa shape index (κ1) is 13.4. The lowest BCUT2D eigenvalue weighted by molar-refractivity contribution is 0.734. The van der Waals surface area contributed by atoms with Gasteiger partial charge in [0, 0.05) is 24.2 Å². The predicted molar refractivity (Wildman–Crippen MR) is 89.5 cm³/mol. The van der Waals surface area contributed by atoms with Crippen molar-refractivity contribution < 1.29 is 0 Å². The van der Waals surface area contributed by atoms with Crippen molar-refractivity contribution in [3.8, 4) is 0 Å². The van der Waals surface area contributed by atoms with Crippen molar-refractivity contribution in [2.75, 3.05) is 23.7 Å². The summed E-state index contributed by atoms with van der Waals surface area (Å²) >= 11 is 0. The molecule has 0 aliphatic carbocycles. The zero-order chi connectivity index (χ0) is 15.5. The van der Waals surface area contributed by atoms with Crippen LogP contribution in [0.25, 0.3) is 16.4 Å². The maximum Gasteiger partial charge on any atom is 0.200 e. The van der Waals surface area contributed by atoms with Crippen molar-refractivity contribution in [2.24, 2.45) is 0 Å². The third kappa shape index (κ3) is 2.76. The highest BCUT2D eigenvalue weighted by Crippen LogP contribution is 2.22. The Bertz CT molecular complexity index is 942. The highest BCUT2D eigenvalue weighted by atomic mass is 15.6. The number of nitrogens with zero attached hydrogens (tertiary/aromatic N) is 5. The lowest BCUT2D eigenvalue weighted by Gasteiger charge is -2.10. The molecule has 0 fully saturated rings. The van der Waals surface area contributed by atoms with Gasteiger partial charge in [-0.2, -0.15) is 0 Å². The molecule has 2 aromatic carbocycles. The van der Waals surface area contributed by atoms with Gasteiger partial charge in [0.2, 0.25) is 0 Å². The molecule has 0 unspecified atom stereocenters. The summed E-state index contributed by atoms with van der Waals surface area (Å²) in [4.78, 5) is 0. The van der Waals surface area contributed by atoms with E-state index in [1.54, 1.807) is 0 Å². The summed E-state index contributed by atoms with van der Waals surface area (Å²) in [5.41, 5.74) is 1.76. The quantitative estimate of drug-likeness (QED) is 0.550. The van der Waals surface area contributed by atoms with Crippen LogP contribution < -0.4 is 10.6 Å². The molecule has 4 rings (SSSR count). The molecule has 0 amide bonds. The third-order valence-corrected chi connectivity index (χ3v) is 3.61. The molecule has 4 aromatic rings. The average Bonchev–Trinajstić information content (AvgIpc) is 3.06. The molecular formula is C16H15N7. The second-order valence-electron chi connectivity index (χ2n) is 5.13. The van der Waals surface area contributed by atoms with Gasteiger partial charge in [0.15, 0.2) is 5.65 Å². The number of anilines is 2. The van der Waals surface area contributed by atoms with Crippen LogP contribution in [0.5, 0.6) is 0 Å². The monoisotopic (exact) mass is 305 g/mol. The summed E-state index contributed by atoms with van der Waals surface area (Å²) in [5.74, 6) is 0.740. The van der Waals surface area contributed by atoms with E-state index in [0.29, 0.717) is 5.65 Å². The SMILES string of the molecule is c1ccc2c(NCCNc3ccc4nnnn4n3)cccc2c1. The van der Waals surface area contributed by atoms with Gasteiger partial charge in [-0.15, -0.1) is 14.8 Å². The Labute approximate surface area is 132 Å². The van der Waals surface area contributed by atoms with Crippen LogP contribution in [0.1, 0.15) is 0 Å². The molecule has 7 nitrogen and oxygen atoms in total. The molecule has 0 saturated heterocycles. The minimum Gasteiger partial charge on any atom is -0.383 e. The number of fused-ring (bicyclic) bond motifs is 2. The van der Waals surface area contributed by atoms with Crippen molar-refractivity contribution in [1.29, 1.82) is 0 Å². The van der Waals surface area contributed by atoms with Gasteiger partial charge in [-0.1, -0.05) is 36.4 Å². The highest BCUT2D eigenvalue weighted by Gasteiger charge is 2.01. The molecule has 0 atom stereocenters. The standard InChI is InChI=1S/C16H15N7/c1-2-6-13-12(4-1)5-3-7-14(13)17-10-11-18-15-8-9-16-19-21-22-23(16)20-15/h1-9,17H,10-11H2,(H,18,20). The van der Waals surface area contributed by atoms with Gasteiger partial charge < -0.3 is 10.6 Å². The van der Waals surface area contributed by atoms with Crippen LogP contribution in [0.4, 0.5) is 11.5 Å². The maximum atomic E-state index is 4.27. The molecule has 0 radical (unpaired) electrons. The molecule has 7 heteroatoms. The molecule has 2 aromatic heterocycles. The topological polar surface area (TPSA) is 80.0 Å². The second-order valence-corrected chi connectivity index (χ2v) is 5.13. The summed E-state index contributed by atoms with van der Waals surface area (Å²) in [7, 11) is 0. The second kappa shape index (κ2) is 5.88. The Balaban J connectivity index is 1.39. The van der Waals surface area contributed by atoms with Crippen LogP contribution in [0.3, 0.4) is 0 Å². The van der Waals surface area contributed by atoms with E-state index in [9.17, 15) is 0 Å². The molecule has 2 N–H and O–H groups in total. The molecular weight excluding hydrogens is 290 g/mol. The van der Waals surface area contributed by atoms with Crippen molar-refractivity contribution in [3.05, 3.63) is 54.6 Å². The van der Waals surface area contributed by atoms with Crippen LogP contribution in [0.15, 0.2) is 54.6 Å². The Hall–Kier alpha value is -3.22. The van der Waals surface area contributed by atoms with E-state index in [-0.39, 0.29) is 0 Å². The van der Waals surface area contributed by atoms with E-state index < -0.39 is 0 Å². The Morgan fingerprint density at radius 1 is 0.870 bits per heavy atom. The van der Waals surface area contributed by atoms with E-state index in [4.69, 9.17) is 0 Å². The van der Waals surface area contributed by atoms with Crippen LogP contribution in [-0.4, -0.2) is 38.3 Å². The zero-order valence-corrected chi connectivity index (χ0v) is 12.3. The fourth-order valence-corrected chi connectivity index (χ4v) is 2.51. The fourth-order valence-electron chi connectivity index (χ4n) is 2.51. The zero-order valence-electron chi connectivity index (χ0n) is 12.3. The van der Waals surface area contributed by atoms with Gasteiger partial charge >= 0.3 is 0 Å². The number of tetrazole rings is 1. The lowest BCUT2D eigenvalue weighted by atomic mass is 10.1. The number of hydrogen-bond acceptors (Lipinski definition) is 6. The molecule has 0 aliphatic heterocycles. The van der Waals surface area contributed by atoms with E-state index in [2.05, 4.69) is 73.7 Å². The first-order valence-corrected chi connectivity index (χ1v) is 7.41. The van der Waals surface area contributed by atoms with Gasteiger partial charge in [-0.3, -0.25) is 0 Å². The summed E-state index contributed by atoms with van der Waals surface area (Å²) < 4.78 is 1.40. The van der Waals surface area contributed by atoms with Crippen molar-refractivity contribution in [3.63, 3.8) is 0 Å². The number of aromatic nitrogens is 5. The smallest absolute Gasteiger partial charge is 0.200 e. The van der Waals surface area contributed by atoms with Gasteiger partial charge in [-0.05, 0) is 34.0 Å². The Morgan fingerprint density at radius 2 is 1.74 bits per heavy atom. The summed E-state index contributed by atoms with van der Waals surface area (Å²) in [6.07, 6.45) is 0. The van der Waals surface area contributed by atoms with Crippen LogP contribution in [0, 0.1) is 0 Å². The first-order valence-electron chi connectivity index (χ1n) is 7.41. The van der Waals surface area contributed by atoms with Crippen molar-refractivity contribution in [1.82, 2.24) is 25.3 Å². The normalized spacial score (nSPS) is 11.0. The minimum atomic E-state index is 0.629. The van der Waals surface area contributed by atoms with E-state index in [1.807, 2.05) is 12.1 Å². The highest BCUT2D eigenvalue weighted by molar-refractivity contribution is 5.93. The predicted octanol–water partition coefficient (Wildman–Crippen LogP) is 2.20. The molecule has 0 saturated carbocycles. The third-order valence-electron chi connectivity index (χ3n) is 3.61. The van der Waals surface area contributed by atoms with Crippen molar-refractivity contribution in [2.45, 2.75) is 0 Å². The average molecular weight is 305 g/mol. The molecule has 114 valence electrons. The first-order chi connectivity index (χ1) is 11.4. The number of rotatable bonds is 5. The van der Waals surface area contributed by atoms with Gasteiger partial charge in [0.1, 0.15) is 5.82 Å². The molecule has 23 heavy (non-hydrogen) atoms. The molecule has 0 aliphatic rings. The maximum absolute atomic E-state index is 4.27. The number of benzene rings is 2. The largest absolute Gasteiger partial charge is 0.383 e. The minimum absolute atomic E-state index is 0.629. The number of hydrogen-bond donors (Lipinski definition) is 2. The van der Waals surface area contributed by atoms with E-state index in [1.165, 1.54) is 15.4 Å². The Kier molecular flexibility index (Phi) is 3.44. The summed E-state index contributed by atoms with van der Waals surface area (Å²) in [5, 5.41) is 24.6. The van der Waals surface area contributed by atoms with E-state index >= 15 is 0 Å². The van der Waals surface area contributed by atoms with Gasteiger partial charge in [0.25, 0.3) is 0 Å². The summed E-state index contributed by atoms with van der Waals surface area (Å²) in [6.45, 7) is 1.52. The van der Waals surface area contributed by atoms with Crippen LogP contribution >= 0.6 is 0 Å².